The number of carbonyl (C=O) groups is 1. The summed E-state index contributed by atoms with van der Waals surface area (Å²) in [5, 5.41) is 9.96. The largest absolute Gasteiger partial charge is 0.486 e. The molecular weight excluding hydrogens is 515 g/mol. The average Bonchev–Trinajstić information content (AvgIpc) is 3.26. The second-order valence-corrected chi connectivity index (χ2v) is 9.29. The van der Waals surface area contributed by atoms with Crippen molar-refractivity contribution >= 4 is 28.9 Å². The molecule has 1 N–H and O–H groups in total. The zero-order valence-electron chi connectivity index (χ0n) is 18.8. The number of alkyl halides is 3. The van der Waals surface area contributed by atoms with Gasteiger partial charge in [-0.25, -0.2) is 9.78 Å². The number of hydrogen-bond donors (Lipinski definition) is 1. The number of thiazole rings is 1. The van der Waals surface area contributed by atoms with Crippen LogP contribution in [0.2, 0.25) is 5.02 Å². The van der Waals surface area contributed by atoms with Crippen LogP contribution < -0.4 is 9.47 Å². The van der Waals surface area contributed by atoms with Crippen LogP contribution in [0.4, 0.5) is 13.2 Å². The van der Waals surface area contributed by atoms with Gasteiger partial charge in [0.25, 0.3) is 0 Å². The van der Waals surface area contributed by atoms with Crippen molar-refractivity contribution in [2.24, 2.45) is 0 Å². The molecule has 0 spiro atoms. The van der Waals surface area contributed by atoms with E-state index >= 15 is 0 Å². The van der Waals surface area contributed by atoms with Gasteiger partial charge in [-0.1, -0.05) is 35.9 Å². The molecule has 186 valence electrons. The molecule has 4 rings (SSSR count). The van der Waals surface area contributed by atoms with E-state index in [1.165, 1.54) is 23.5 Å². The van der Waals surface area contributed by atoms with Crippen molar-refractivity contribution in [2.75, 3.05) is 6.61 Å². The van der Waals surface area contributed by atoms with Gasteiger partial charge >= 0.3 is 12.1 Å². The van der Waals surface area contributed by atoms with Crippen molar-refractivity contribution in [3.05, 3.63) is 87.9 Å². The number of rotatable bonds is 8. The molecule has 4 aromatic rings. The van der Waals surface area contributed by atoms with Crippen LogP contribution in [-0.2, 0) is 17.6 Å². The number of aryl methyl sites for hydroxylation is 1. The van der Waals surface area contributed by atoms with Crippen LogP contribution in [0.15, 0.2) is 66.7 Å². The fraction of sp³-hybridized carbons (Fsp3) is 0.154. The molecule has 5 nitrogen and oxygen atoms in total. The van der Waals surface area contributed by atoms with Crippen LogP contribution in [0.5, 0.6) is 11.5 Å². The Morgan fingerprint density at radius 2 is 1.67 bits per heavy atom. The van der Waals surface area contributed by atoms with Crippen molar-refractivity contribution in [3.8, 4) is 33.2 Å². The number of halogens is 4. The van der Waals surface area contributed by atoms with Crippen molar-refractivity contribution < 1.29 is 32.5 Å². The molecule has 0 saturated carbocycles. The van der Waals surface area contributed by atoms with Gasteiger partial charge in [-0.15, -0.1) is 11.3 Å². The van der Waals surface area contributed by atoms with Crippen LogP contribution in [0.3, 0.4) is 0 Å². The number of aromatic nitrogens is 1. The van der Waals surface area contributed by atoms with Crippen LogP contribution >= 0.6 is 22.9 Å². The van der Waals surface area contributed by atoms with Gasteiger partial charge < -0.3 is 14.6 Å². The number of ether oxygens (including phenoxy) is 2. The first kappa shape index (κ1) is 25.5. The Bertz CT molecular complexity index is 1370. The molecule has 3 aromatic carbocycles. The molecule has 10 heteroatoms. The van der Waals surface area contributed by atoms with E-state index < -0.39 is 24.3 Å². The average molecular weight is 534 g/mol. The predicted molar refractivity (Wildman–Crippen MR) is 132 cm³/mol. The van der Waals surface area contributed by atoms with Crippen molar-refractivity contribution in [1.82, 2.24) is 4.98 Å². The Hall–Kier alpha value is -3.56. The van der Waals surface area contributed by atoms with E-state index in [1.807, 2.05) is 12.1 Å². The Labute approximate surface area is 213 Å². The lowest BCUT2D eigenvalue weighted by Gasteiger charge is -2.09. The molecule has 0 bridgehead atoms. The van der Waals surface area contributed by atoms with Gasteiger partial charge in [0, 0.05) is 10.6 Å². The maximum Gasteiger partial charge on any atom is 0.416 e. The lowest BCUT2D eigenvalue weighted by Crippen LogP contribution is -2.10. The lowest BCUT2D eigenvalue weighted by atomic mass is 10.0. The molecule has 1 aromatic heterocycles. The van der Waals surface area contributed by atoms with Gasteiger partial charge in [-0.3, -0.25) is 0 Å². The SMILES string of the molecule is Cc1cc(OCc2nc(-c3ccc(C(F)(F)F)cc3)c(-c3ccc(Cl)cc3)s2)ccc1OCC(=O)O. The van der Waals surface area contributed by atoms with Crippen molar-refractivity contribution in [3.63, 3.8) is 0 Å². The summed E-state index contributed by atoms with van der Waals surface area (Å²) in [5.74, 6) is -0.0954. The standard InChI is InChI=1S/C26H19ClF3NO4S/c1-15-12-20(10-11-21(15)35-14-23(32)33)34-13-22-31-24(16-2-6-18(7-3-16)26(28,29)30)25(36-22)17-4-8-19(27)9-5-17/h2-12H,13-14H2,1H3,(H,32,33). The highest BCUT2D eigenvalue weighted by Gasteiger charge is 2.30. The van der Waals surface area contributed by atoms with Crippen LogP contribution in [0, 0.1) is 6.92 Å². The van der Waals surface area contributed by atoms with E-state index in [1.54, 1.807) is 37.3 Å². The number of hydrogen-bond acceptors (Lipinski definition) is 5. The molecule has 0 aliphatic carbocycles. The Kier molecular flexibility index (Phi) is 7.51. The van der Waals surface area contributed by atoms with E-state index in [2.05, 4.69) is 4.98 Å². The van der Waals surface area contributed by atoms with Crippen LogP contribution in [-0.4, -0.2) is 22.7 Å². The third kappa shape index (κ3) is 6.16. The van der Waals surface area contributed by atoms with Crippen molar-refractivity contribution in [1.29, 1.82) is 0 Å². The van der Waals surface area contributed by atoms with Gasteiger partial charge in [0.2, 0.25) is 0 Å². The first-order valence-corrected chi connectivity index (χ1v) is 11.8. The van der Waals surface area contributed by atoms with Gasteiger partial charge in [0.15, 0.2) is 6.61 Å². The summed E-state index contributed by atoms with van der Waals surface area (Å²) in [6, 6.07) is 17.0. The molecule has 1 heterocycles. The summed E-state index contributed by atoms with van der Waals surface area (Å²) in [7, 11) is 0. The summed E-state index contributed by atoms with van der Waals surface area (Å²) < 4.78 is 50.2. The summed E-state index contributed by atoms with van der Waals surface area (Å²) in [6.07, 6.45) is -4.43. The first-order chi connectivity index (χ1) is 17.1. The predicted octanol–water partition coefficient (Wildman–Crippen LogP) is 7.50. The number of benzene rings is 3. The molecule has 0 aliphatic heterocycles. The Morgan fingerprint density at radius 1 is 1.00 bits per heavy atom. The molecular formula is C26H19ClF3NO4S. The monoisotopic (exact) mass is 533 g/mol. The van der Waals surface area contributed by atoms with E-state index in [-0.39, 0.29) is 6.61 Å². The highest BCUT2D eigenvalue weighted by atomic mass is 35.5. The minimum absolute atomic E-state index is 0.126. The summed E-state index contributed by atoms with van der Waals surface area (Å²) in [6.45, 7) is 1.45. The minimum Gasteiger partial charge on any atom is -0.486 e. The third-order valence-electron chi connectivity index (χ3n) is 5.12. The fourth-order valence-corrected chi connectivity index (χ4v) is 4.52. The molecule has 0 atom stereocenters. The number of nitrogens with zero attached hydrogens (tertiary/aromatic N) is 1. The van der Waals surface area contributed by atoms with Gasteiger partial charge in [0.1, 0.15) is 23.1 Å². The van der Waals surface area contributed by atoms with Gasteiger partial charge in [-0.2, -0.15) is 13.2 Å². The first-order valence-electron chi connectivity index (χ1n) is 10.6. The second kappa shape index (κ2) is 10.6. The fourth-order valence-electron chi connectivity index (χ4n) is 3.39. The number of carboxylic acid groups (broad SMARTS) is 1. The highest BCUT2D eigenvalue weighted by molar-refractivity contribution is 7.15. The molecule has 0 aliphatic rings. The summed E-state index contributed by atoms with van der Waals surface area (Å²) in [4.78, 5) is 16.2. The Morgan fingerprint density at radius 3 is 2.28 bits per heavy atom. The molecule has 0 amide bonds. The van der Waals surface area contributed by atoms with Gasteiger partial charge in [-0.05, 0) is 60.5 Å². The zero-order valence-corrected chi connectivity index (χ0v) is 20.4. The van der Waals surface area contributed by atoms with E-state index in [0.29, 0.717) is 38.4 Å². The molecule has 36 heavy (non-hydrogen) atoms. The molecule has 0 fully saturated rings. The molecule has 0 unspecified atom stereocenters. The van der Waals surface area contributed by atoms with E-state index in [4.69, 9.17) is 26.2 Å². The lowest BCUT2D eigenvalue weighted by molar-refractivity contribution is -0.139. The van der Waals surface area contributed by atoms with Crippen LogP contribution in [0.1, 0.15) is 16.1 Å². The van der Waals surface area contributed by atoms with Gasteiger partial charge in [0.05, 0.1) is 16.1 Å². The number of aliphatic carboxylic acids is 1. The second-order valence-electron chi connectivity index (χ2n) is 7.77. The topological polar surface area (TPSA) is 68.7 Å². The minimum atomic E-state index is -4.43. The normalized spacial score (nSPS) is 11.4. The van der Waals surface area contributed by atoms with E-state index in [0.717, 1.165) is 22.6 Å². The maximum absolute atomic E-state index is 13.0. The van der Waals surface area contributed by atoms with Crippen LogP contribution in [0.25, 0.3) is 21.7 Å². The highest BCUT2D eigenvalue weighted by Crippen LogP contribution is 2.39. The quantitative estimate of drug-likeness (QED) is 0.254. The Balaban J connectivity index is 1.60. The zero-order chi connectivity index (χ0) is 25.9. The maximum atomic E-state index is 13.0. The summed E-state index contributed by atoms with van der Waals surface area (Å²) >= 11 is 7.39. The molecule has 0 saturated heterocycles. The smallest absolute Gasteiger partial charge is 0.416 e. The van der Waals surface area contributed by atoms with Crippen molar-refractivity contribution in [2.45, 2.75) is 19.7 Å². The van der Waals surface area contributed by atoms with E-state index in [9.17, 15) is 18.0 Å². The molecule has 0 radical (unpaired) electrons. The number of carboxylic acids is 1. The third-order valence-corrected chi connectivity index (χ3v) is 6.45. The summed E-state index contributed by atoms with van der Waals surface area (Å²) in [5.41, 5.74) is 1.90.